The van der Waals surface area contributed by atoms with E-state index in [1.807, 2.05) is 0 Å². The van der Waals surface area contributed by atoms with Crippen LogP contribution in [0.2, 0.25) is 0 Å². The summed E-state index contributed by atoms with van der Waals surface area (Å²) in [6, 6.07) is 0. The predicted octanol–water partition coefficient (Wildman–Crippen LogP) is -7.16. The number of hydrogen-bond acceptors (Lipinski definition) is 6. The minimum absolute atomic E-state index is 0. The molecule has 0 saturated carbocycles. The first-order valence-corrected chi connectivity index (χ1v) is 2.79. The van der Waals surface area contributed by atoms with Crippen LogP contribution in [0.1, 0.15) is 12.8 Å². The molecule has 0 rings (SSSR count). The van der Waals surface area contributed by atoms with Crippen LogP contribution >= 0.6 is 0 Å². The molecule has 15 heavy (non-hydrogen) atoms. The quantitative estimate of drug-likeness (QED) is 0.377. The molecule has 0 N–H and O–H groups in total. The Bertz CT molecular complexity index is 170. The minimum atomic E-state index is -1.37. The van der Waals surface area contributed by atoms with Gasteiger partial charge in [-0.25, -0.2) is 0 Å². The van der Waals surface area contributed by atoms with Crippen LogP contribution in [0, 0.1) is 6.92 Å². The van der Waals surface area contributed by atoms with Gasteiger partial charge in [0.25, 0.3) is 0 Å². The van der Waals surface area contributed by atoms with Crippen molar-refractivity contribution < 1.29 is 93.1 Å². The number of carbonyl (C=O) groups excluding carboxylic acids is 3. The van der Waals surface area contributed by atoms with E-state index in [2.05, 4.69) is 6.92 Å². The number of hydrogen-bond donors (Lipinski definition) is 0. The third kappa shape index (κ3) is 77.0. The summed E-state index contributed by atoms with van der Waals surface area (Å²) < 4.78 is 0. The summed E-state index contributed by atoms with van der Waals surface area (Å²) in [7, 11) is 0. The Hall–Kier alpha value is 0.306. The average molecular weight is 311 g/mol. The van der Waals surface area contributed by atoms with Crippen molar-refractivity contribution >= 4 is 17.9 Å². The van der Waals surface area contributed by atoms with E-state index in [4.69, 9.17) is 9.90 Å². The van der Waals surface area contributed by atoms with E-state index in [-0.39, 0.29) is 63.4 Å². The van der Waals surface area contributed by atoms with E-state index >= 15 is 0 Å². The van der Waals surface area contributed by atoms with Gasteiger partial charge >= 0.3 is 46.3 Å². The second-order valence-electron chi connectivity index (χ2n) is 1.62. The van der Waals surface area contributed by atoms with Crippen LogP contribution < -0.4 is 44.9 Å². The summed E-state index contributed by atoms with van der Waals surface area (Å²) in [6.45, 7) is 2.44. The Kier molecular flexibility index (Phi) is 39.0. The predicted molar refractivity (Wildman–Crippen MR) is 29.6 cm³/mol. The smallest absolute Gasteiger partial charge is 0.584 e. The Balaban J connectivity index is -0.0000000424. The first kappa shape index (κ1) is 29.5. The van der Waals surface area contributed by atoms with Crippen LogP contribution in [0.4, 0.5) is 0 Å². The van der Waals surface area contributed by atoms with Crippen LogP contribution in [-0.4, -0.2) is 17.9 Å². The topological polar surface area (TPSA) is 120 Å². The molecule has 0 unspecified atom stereocenters. The van der Waals surface area contributed by atoms with Crippen LogP contribution in [0.5, 0.6) is 0 Å². The number of rotatable bonds is 3. The number of aliphatic carboxylic acids is 3. The van der Waals surface area contributed by atoms with Crippen molar-refractivity contribution in [2.45, 2.75) is 12.8 Å². The molecule has 6 nitrogen and oxygen atoms in total. The van der Waals surface area contributed by atoms with Gasteiger partial charge < -0.3 is 36.6 Å². The van der Waals surface area contributed by atoms with Gasteiger partial charge in [-0.2, -0.15) is 0 Å². The molecule has 0 amide bonds. The van der Waals surface area contributed by atoms with Crippen molar-refractivity contribution in [1.29, 1.82) is 0 Å². The fourth-order valence-electron chi connectivity index (χ4n) is 0.204. The van der Waals surface area contributed by atoms with Crippen molar-refractivity contribution in [1.82, 2.24) is 0 Å². The maximum atomic E-state index is 9.50. The summed E-state index contributed by atoms with van der Waals surface area (Å²) in [4.78, 5) is 27.8. The molecule has 0 bridgehead atoms. The molecule has 0 saturated heterocycles. The molecular formula is C6H6CoMnNaO6-. The van der Waals surface area contributed by atoms with Gasteiger partial charge in [0, 0.05) is 29.0 Å². The van der Waals surface area contributed by atoms with E-state index in [0.717, 1.165) is 0 Å². The number of carboxylic acid groups (broad SMARTS) is 3. The third-order valence-electron chi connectivity index (χ3n) is 0.533. The van der Waals surface area contributed by atoms with Gasteiger partial charge in [-0.3, -0.25) is 0 Å². The van der Waals surface area contributed by atoms with Crippen molar-refractivity contribution in [3.05, 3.63) is 6.92 Å². The fourth-order valence-corrected chi connectivity index (χ4v) is 0.204. The van der Waals surface area contributed by atoms with Gasteiger partial charge in [-0.1, -0.05) is 0 Å². The third-order valence-corrected chi connectivity index (χ3v) is 0.533. The fraction of sp³-hybridized carbons (Fsp3) is 0.333. The van der Waals surface area contributed by atoms with Crippen LogP contribution in [0.15, 0.2) is 0 Å². The van der Waals surface area contributed by atoms with Gasteiger partial charge in [-0.05, 0) is 12.8 Å². The monoisotopic (exact) mass is 311 g/mol. The summed E-state index contributed by atoms with van der Waals surface area (Å²) in [5, 5.41) is 27.8. The van der Waals surface area contributed by atoms with Gasteiger partial charge in [0.05, 0.1) is 0 Å². The van der Waals surface area contributed by atoms with Crippen molar-refractivity contribution in [2.24, 2.45) is 0 Å². The second kappa shape index (κ2) is 19.8. The van der Waals surface area contributed by atoms with Crippen LogP contribution in [0.3, 0.4) is 0 Å². The largest absolute Gasteiger partial charge is 2.00 e. The maximum Gasteiger partial charge on any atom is 2.00 e. The molecule has 0 aromatic rings. The molecule has 84 valence electrons. The molecule has 0 aromatic heterocycles. The molecule has 0 aliphatic heterocycles. The van der Waals surface area contributed by atoms with Crippen molar-refractivity contribution in [2.75, 3.05) is 0 Å². The zero-order valence-electron chi connectivity index (χ0n) is 7.78. The molecule has 9 heteroatoms. The molecule has 0 aliphatic carbocycles. The average Bonchev–Trinajstić information content (AvgIpc) is 1.82. The maximum absolute atomic E-state index is 9.50. The summed E-state index contributed by atoms with van der Waals surface area (Å²) >= 11 is 0. The first-order valence-electron chi connectivity index (χ1n) is 2.79. The SMILES string of the molecule is O=C([O-])CCC(=O)[O-].[CH2-]C(=O)[O-].[Co+2].[Mn].[Na+]. The second-order valence-corrected chi connectivity index (χ2v) is 1.62. The molecule has 2 radical (unpaired) electrons. The molecule has 0 aliphatic rings. The van der Waals surface area contributed by atoms with Gasteiger partial charge in [-0.15, -0.1) is 5.97 Å². The van der Waals surface area contributed by atoms with E-state index < -0.39 is 30.7 Å². The van der Waals surface area contributed by atoms with Crippen LogP contribution in [-0.2, 0) is 48.2 Å². The zero-order valence-corrected chi connectivity index (χ0v) is 12.0. The summed E-state index contributed by atoms with van der Waals surface area (Å²) in [5.74, 6) is -4.07. The Labute approximate surface area is 130 Å². The van der Waals surface area contributed by atoms with E-state index in [1.54, 1.807) is 0 Å². The molecule has 0 atom stereocenters. The van der Waals surface area contributed by atoms with E-state index in [1.165, 1.54) is 0 Å². The molecule has 0 aromatic carbocycles. The molecule has 0 spiro atoms. The Morgan fingerprint density at radius 2 is 1.07 bits per heavy atom. The molecule has 0 fully saturated rings. The van der Waals surface area contributed by atoms with Gasteiger partial charge in [0.15, 0.2) is 0 Å². The van der Waals surface area contributed by atoms with Crippen molar-refractivity contribution in [3.63, 3.8) is 0 Å². The minimum Gasteiger partial charge on any atom is -0.584 e. The summed E-state index contributed by atoms with van der Waals surface area (Å²) in [5.41, 5.74) is 0. The van der Waals surface area contributed by atoms with Gasteiger partial charge in [0.1, 0.15) is 0 Å². The Morgan fingerprint density at radius 3 is 1.13 bits per heavy atom. The normalized spacial score (nSPS) is 6.13. The summed E-state index contributed by atoms with van der Waals surface area (Å²) in [6.07, 6.45) is -0.940. The van der Waals surface area contributed by atoms with Gasteiger partial charge in [0.2, 0.25) is 0 Å². The molecule has 0 heterocycles. The molecular weight excluding hydrogens is 305 g/mol. The van der Waals surface area contributed by atoms with Crippen LogP contribution in [0.25, 0.3) is 0 Å². The standard InChI is InChI=1S/C4H6O4.C2H3O2.Co.Mn.Na/c5-3(6)1-2-4(7)8;1-2(3)4;;;/h1-2H2,(H,5,6)(H,7,8);1H2,(H,3,4);;;/q;-1;+2;;+1/p-3. The Morgan fingerprint density at radius 1 is 0.933 bits per heavy atom. The zero-order chi connectivity index (χ0) is 10.1. The van der Waals surface area contributed by atoms with Crippen molar-refractivity contribution in [3.8, 4) is 0 Å². The van der Waals surface area contributed by atoms with E-state index in [9.17, 15) is 19.8 Å². The van der Waals surface area contributed by atoms with E-state index in [0.29, 0.717) is 0 Å². The number of carboxylic acids is 3. The number of carbonyl (C=O) groups is 3. The first-order chi connectivity index (χ1) is 5.36.